The number of aromatic nitrogens is 6. The van der Waals surface area contributed by atoms with Crippen LogP contribution >= 0.6 is 0 Å². The maximum Gasteiger partial charge on any atom is 0.420 e. The van der Waals surface area contributed by atoms with Gasteiger partial charge in [0.15, 0.2) is 0 Å². The van der Waals surface area contributed by atoms with Crippen molar-refractivity contribution in [1.82, 2.24) is 34.5 Å². The van der Waals surface area contributed by atoms with E-state index in [1.165, 1.54) is 18.3 Å². The highest BCUT2D eigenvalue weighted by Crippen LogP contribution is 2.39. The molecule has 40 heavy (non-hydrogen) atoms. The van der Waals surface area contributed by atoms with E-state index < -0.39 is 30.3 Å². The van der Waals surface area contributed by atoms with Gasteiger partial charge in [-0.1, -0.05) is 5.21 Å². The molecule has 4 aromatic rings. The summed E-state index contributed by atoms with van der Waals surface area (Å²) in [6.45, 7) is 4.85. The van der Waals surface area contributed by atoms with Crippen LogP contribution in [-0.4, -0.2) is 78.6 Å². The normalized spacial score (nSPS) is 18.2. The van der Waals surface area contributed by atoms with Crippen LogP contribution in [0.1, 0.15) is 41.9 Å². The fourth-order valence-corrected chi connectivity index (χ4v) is 5.25. The minimum atomic E-state index is -4.68. The number of ether oxygens (including phenoxy) is 2. The smallest absolute Gasteiger partial charge is 0.420 e. The first kappa shape index (κ1) is 26.6. The Morgan fingerprint density at radius 1 is 1.15 bits per heavy atom. The third kappa shape index (κ3) is 5.02. The number of pyridine rings is 2. The standard InChI is InChI=1S/C26H27F4N7O3/c1-15-24(33-34-37(15)18-4-6-35(7-5-18)19-12-39-13-19)16-8-23(25-20(26(28,29)30)10-32-36(25)11-16)40-14-22(38)21-3-2-17(27)9-31-21/h2-3,8-11,18-19,22,38H,4-7,12-14H2,1H3. The van der Waals surface area contributed by atoms with Gasteiger partial charge in [0.1, 0.15) is 41.1 Å². The molecular formula is C26H27F4N7O3. The van der Waals surface area contributed by atoms with Gasteiger partial charge in [0, 0.05) is 24.8 Å². The van der Waals surface area contributed by atoms with E-state index in [0.29, 0.717) is 17.3 Å². The highest BCUT2D eigenvalue weighted by atomic mass is 19.4. The number of piperidine rings is 1. The van der Waals surface area contributed by atoms with Crippen molar-refractivity contribution < 1.29 is 32.1 Å². The summed E-state index contributed by atoms with van der Waals surface area (Å²) in [4.78, 5) is 6.24. The number of aliphatic hydroxyl groups excluding tert-OH is 1. The molecule has 14 heteroatoms. The van der Waals surface area contributed by atoms with Crippen molar-refractivity contribution in [2.24, 2.45) is 0 Å². The molecule has 2 saturated heterocycles. The van der Waals surface area contributed by atoms with Gasteiger partial charge in [-0.25, -0.2) is 13.6 Å². The predicted molar refractivity (Wildman–Crippen MR) is 133 cm³/mol. The van der Waals surface area contributed by atoms with Crippen LogP contribution in [0.2, 0.25) is 0 Å². The van der Waals surface area contributed by atoms with Gasteiger partial charge in [0.25, 0.3) is 0 Å². The van der Waals surface area contributed by atoms with Crippen LogP contribution in [-0.2, 0) is 10.9 Å². The number of likely N-dealkylation sites (tertiary alicyclic amines) is 1. The van der Waals surface area contributed by atoms with E-state index in [4.69, 9.17) is 9.47 Å². The average molecular weight is 562 g/mol. The zero-order chi connectivity index (χ0) is 28.0. The quantitative estimate of drug-likeness (QED) is 0.342. The zero-order valence-corrected chi connectivity index (χ0v) is 21.6. The van der Waals surface area contributed by atoms with Gasteiger partial charge in [-0.3, -0.25) is 9.88 Å². The van der Waals surface area contributed by atoms with Gasteiger partial charge < -0.3 is 14.6 Å². The molecule has 1 N–H and O–H groups in total. The fraction of sp³-hybridized carbons (Fsp3) is 0.462. The molecule has 0 bridgehead atoms. The molecule has 1 atom stereocenters. The second-order valence-corrected chi connectivity index (χ2v) is 10.1. The largest absolute Gasteiger partial charge is 0.488 e. The van der Waals surface area contributed by atoms with Crippen molar-refractivity contribution in [3.05, 3.63) is 59.6 Å². The summed E-state index contributed by atoms with van der Waals surface area (Å²) in [6, 6.07) is 4.48. The van der Waals surface area contributed by atoms with Crippen LogP contribution in [0.4, 0.5) is 17.6 Å². The summed E-state index contributed by atoms with van der Waals surface area (Å²) in [5.41, 5.74) is 0.565. The third-order valence-electron chi connectivity index (χ3n) is 7.55. The number of halogens is 4. The van der Waals surface area contributed by atoms with Crippen LogP contribution in [0.5, 0.6) is 5.75 Å². The summed E-state index contributed by atoms with van der Waals surface area (Å²) >= 11 is 0. The summed E-state index contributed by atoms with van der Waals surface area (Å²) < 4.78 is 68.6. The summed E-state index contributed by atoms with van der Waals surface area (Å²) in [5, 5.41) is 23.2. The van der Waals surface area contributed by atoms with Crippen LogP contribution in [0.3, 0.4) is 0 Å². The second-order valence-electron chi connectivity index (χ2n) is 10.1. The lowest BCUT2D eigenvalue weighted by atomic mass is 10.0. The van der Waals surface area contributed by atoms with Crippen molar-refractivity contribution in [1.29, 1.82) is 0 Å². The van der Waals surface area contributed by atoms with E-state index >= 15 is 0 Å². The Balaban J connectivity index is 1.29. The van der Waals surface area contributed by atoms with E-state index in [9.17, 15) is 22.7 Å². The van der Waals surface area contributed by atoms with Gasteiger partial charge in [0.05, 0.1) is 49.1 Å². The van der Waals surface area contributed by atoms with E-state index in [1.54, 1.807) is 0 Å². The van der Waals surface area contributed by atoms with Crippen molar-refractivity contribution in [3.8, 4) is 17.0 Å². The van der Waals surface area contributed by atoms with Crippen LogP contribution < -0.4 is 4.74 Å². The van der Waals surface area contributed by atoms with Gasteiger partial charge in [0.2, 0.25) is 0 Å². The Labute approximate surface area is 226 Å². The molecule has 0 spiro atoms. The molecule has 4 aromatic heterocycles. The number of fused-ring (bicyclic) bond motifs is 1. The first-order valence-corrected chi connectivity index (χ1v) is 12.9. The van der Waals surface area contributed by atoms with Crippen LogP contribution in [0.25, 0.3) is 16.8 Å². The Morgan fingerprint density at radius 2 is 1.93 bits per heavy atom. The number of alkyl halides is 3. The Bertz CT molecular complexity index is 1490. The Kier molecular flexibility index (Phi) is 6.92. The second kappa shape index (κ2) is 10.4. The van der Waals surface area contributed by atoms with E-state index in [-0.39, 0.29) is 23.0 Å². The summed E-state index contributed by atoms with van der Waals surface area (Å²) in [6.07, 6.45) is -1.06. The third-order valence-corrected chi connectivity index (χ3v) is 7.55. The van der Waals surface area contributed by atoms with Gasteiger partial charge in [-0.2, -0.15) is 18.3 Å². The molecule has 0 aliphatic carbocycles. The number of nitrogens with zero attached hydrogens (tertiary/aromatic N) is 7. The van der Waals surface area contributed by atoms with Gasteiger partial charge in [-0.15, -0.1) is 5.10 Å². The highest BCUT2D eigenvalue weighted by Gasteiger charge is 2.36. The van der Waals surface area contributed by atoms with Crippen LogP contribution in [0, 0.1) is 12.7 Å². The molecule has 212 valence electrons. The van der Waals surface area contributed by atoms with Crippen molar-refractivity contribution >= 4 is 5.52 Å². The molecule has 1 unspecified atom stereocenters. The number of hydrogen-bond acceptors (Lipinski definition) is 8. The van der Waals surface area contributed by atoms with Crippen LogP contribution in [0.15, 0.2) is 36.8 Å². The maximum absolute atomic E-state index is 13.8. The Morgan fingerprint density at radius 3 is 2.58 bits per heavy atom. The first-order chi connectivity index (χ1) is 19.2. The number of rotatable bonds is 7. The monoisotopic (exact) mass is 561 g/mol. The fourth-order valence-electron chi connectivity index (χ4n) is 5.25. The minimum absolute atomic E-state index is 0.118. The molecule has 2 aliphatic rings. The molecule has 6 rings (SSSR count). The topological polar surface area (TPSA) is 103 Å². The van der Waals surface area contributed by atoms with Crippen molar-refractivity contribution in [3.63, 3.8) is 0 Å². The molecule has 2 fully saturated rings. The van der Waals surface area contributed by atoms with E-state index in [1.807, 2.05) is 11.6 Å². The molecule has 0 aromatic carbocycles. The lowest BCUT2D eigenvalue weighted by Gasteiger charge is -2.41. The predicted octanol–water partition coefficient (Wildman–Crippen LogP) is 3.60. The Hall–Kier alpha value is -3.62. The zero-order valence-electron chi connectivity index (χ0n) is 21.6. The molecule has 0 amide bonds. The molecule has 0 radical (unpaired) electrons. The summed E-state index contributed by atoms with van der Waals surface area (Å²) in [5.74, 6) is -0.726. The van der Waals surface area contributed by atoms with Gasteiger partial charge >= 0.3 is 6.18 Å². The minimum Gasteiger partial charge on any atom is -0.488 e. The highest BCUT2D eigenvalue weighted by molar-refractivity contribution is 5.73. The lowest BCUT2D eigenvalue weighted by Crippen LogP contribution is -2.52. The number of hydrogen-bond donors (Lipinski definition) is 1. The molecule has 2 aliphatic heterocycles. The number of aliphatic hydroxyl groups is 1. The van der Waals surface area contributed by atoms with E-state index in [2.05, 4.69) is 25.3 Å². The molecule has 0 saturated carbocycles. The summed E-state index contributed by atoms with van der Waals surface area (Å²) in [7, 11) is 0. The molecule has 10 nitrogen and oxygen atoms in total. The SMILES string of the molecule is Cc1c(-c2cc(OCC(O)c3ccc(F)cn3)c3c(C(F)(F)F)cnn3c2)nnn1C1CCN(C2COC2)CC1. The molecular weight excluding hydrogens is 534 g/mol. The lowest BCUT2D eigenvalue weighted by molar-refractivity contribution is -0.136. The maximum atomic E-state index is 13.8. The average Bonchev–Trinajstić information content (AvgIpc) is 3.51. The molecule has 6 heterocycles. The van der Waals surface area contributed by atoms with Gasteiger partial charge in [-0.05, 0) is 38.0 Å². The van der Waals surface area contributed by atoms with Crippen molar-refractivity contribution in [2.45, 2.75) is 44.1 Å². The van der Waals surface area contributed by atoms with E-state index in [0.717, 1.165) is 67.8 Å². The van der Waals surface area contributed by atoms with Crippen molar-refractivity contribution in [2.75, 3.05) is 32.9 Å². The first-order valence-electron chi connectivity index (χ1n) is 12.9.